The fraction of sp³-hybridized carbons (Fsp3) is 1.00. The maximum Gasteiger partial charge on any atom is 0.456 e. The standard InChI is InChI=1S/C5H12BNO2/c1-7-3-2-5(4-7)6(8)9/h5,8-9H,2-4H2,1H3. The van der Waals surface area contributed by atoms with E-state index in [4.69, 9.17) is 10.0 Å². The second kappa shape index (κ2) is 2.69. The Morgan fingerprint density at radius 1 is 1.56 bits per heavy atom. The van der Waals surface area contributed by atoms with Crippen LogP contribution in [0.2, 0.25) is 5.82 Å². The topological polar surface area (TPSA) is 43.7 Å². The molecule has 0 aliphatic carbocycles. The maximum atomic E-state index is 8.70. The smallest absolute Gasteiger partial charge is 0.427 e. The molecule has 0 bridgehead atoms. The van der Waals surface area contributed by atoms with Crippen molar-refractivity contribution in [2.75, 3.05) is 20.1 Å². The van der Waals surface area contributed by atoms with Gasteiger partial charge in [-0.1, -0.05) is 0 Å². The van der Waals surface area contributed by atoms with Crippen LogP contribution < -0.4 is 0 Å². The highest BCUT2D eigenvalue weighted by Crippen LogP contribution is 2.20. The lowest BCUT2D eigenvalue weighted by atomic mass is 9.72. The van der Waals surface area contributed by atoms with E-state index in [9.17, 15) is 0 Å². The molecule has 0 spiro atoms. The van der Waals surface area contributed by atoms with Crippen molar-refractivity contribution < 1.29 is 10.0 Å². The minimum absolute atomic E-state index is 0.0787. The van der Waals surface area contributed by atoms with Crippen molar-refractivity contribution in [3.05, 3.63) is 0 Å². The lowest BCUT2D eigenvalue weighted by molar-refractivity contribution is 0.372. The Balaban J connectivity index is 2.30. The highest BCUT2D eigenvalue weighted by atomic mass is 16.4. The van der Waals surface area contributed by atoms with E-state index in [1.165, 1.54) is 0 Å². The fourth-order valence-corrected chi connectivity index (χ4v) is 1.21. The Morgan fingerprint density at radius 2 is 2.22 bits per heavy atom. The molecular weight excluding hydrogens is 117 g/mol. The zero-order chi connectivity index (χ0) is 6.85. The average molecular weight is 129 g/mol. The highest BCUT2D eigenvalue weighted by molar-refractivity contribution is 6.43. The van der Waals surface area contributed by atoms with Crippen LogP contribution in [0.3, 0.4) is 0 Å². The van der Waals surface area contributed by atoms with Crippen LogP contribution in [0.4, 0.5) is 0 Å². The molecule has 0 radical (unpaired) electrons. The van der Waals surface area contributed by atoms with Crippen LogP contribution in [0.25, 0.3) is 0 Å². The zero-order valence-electron chi connectivity index (χ0n) is 5.62. The molecule has 1 aliphatic rings. The van der Waals surface area contributed by atoms with Crippen LogP contribution in [-0.2, 0) is 0 Å². The van der Waals surface area contributed by atoms with Gasteiger partial charge in [-0.3, -0.25) is 0 Å². The molecule has 9 heavy (non-hydrogen) atoms. The Bertz CT molecular complexity index is 99.0. The van der Waals surface area contributed by atoms with Gasteiger partial charge in [0.1, 0.15) is 0 Å². The van der Waals surface area contributed by atoms with Gasteiger partial charge in [-0.25, -0.2) is 0 Å². The van der Waals surface area contributed by atoms with Gasteiger partial charge in [-0.05, 0) is 26.6 Å². The second-order valence-electron chi connectivity index (χ2n) is 2.72. The molecule has 4 heteroatoms. The maximum absolute atomic E-state index is 8.70. The van der Waals surface area contributed by atoms with Gasteiger partial charge in [-0.15, -0.1) is 0 Å². The van der Waals surface area contributed by atoms with Crippen LogP contribution in [0, 0.1) is 0 Å². The minimum Gasteiger partial charge on any atom is -0.427 e. The normalized spacial score (nSPS) is 29.0. The lowest BCUT2D eigenvalue weighted by Gasteiger charge is -2.07. The van der Waals surface area contributed by atoms with E-state index in [0.29, 0.717) is 0 Å². The van der Waals surface area contributed by atoms with Crippen molar-refractivity contribution >= 4 is 7.12 Å². The van der Waals surface area contributed by atoms with Gasteiger partial charge in [0.05, 0.1) is 0 Å². The quantitative estimate of drug-likeness (QED) is 0.454. The summed E-state index contributed by atoms with van der Waals surface area (Å²) in [5.74, 6) is 0.0787. The Morgan fingerprint density at radius 3 is 2.44 bits per heavy atom. The van der Waals surface area contributed by atoms with Crippen molar-refractivity contribution in [2.45, 2.75) is 12.2 Å². The van der Waals surface area contributed by atoms with Crippen molar-refractivity contribution in [2.24, 2.45) is 0 Å². The molecule has 1 atom stereocenters. The van der Waals surface area contributed by atoms with E-state index in [-0.39, 0.29) is 5.82 Å². The van der Waals surface area contributed by atoms with E-state index >= 15 is 0 Å². The summed E-state index contributed by atoms with van der Waals surface area (Å²) < 4.78 is 0. The zero-order valence-corrected chi connectivity index (χ0v) is 5.62. The van der Waals surface area contributed by atoms with E-state index < -0.39 is 7.12 Å². The number of nitrogens with zero attached hydrogens (tertiary/aromatic N) is 1. The minimum atomic E-state index is -1.12. The van der Waals surface area contributed by atoms with Gasteiger partial charge < -0.3 is 14.9 Å². The largest absolute Gasteiger partial charge is 0.456 e. The molecule has 0 saturated carbocycles. The monoisotopic (exact) mass is 129 g/mol. The first kappa shape index (κ1) is 7.06. The van der Waals surface area contributed by atoms with Gasteiger partial charge in [0.15, 0.2) is 0 Å². The summed E-state index contributed by atoms with van der Waals surface area (Å²) in [7, 11) is 0.873. The number of hydrogen-bond acceptors (Lipinski definition) is 3. The van der Waals surface area contributed by atoms with Crippen LogP contribution in [0.15, 0.2) is 0 Å². The fourth-order valence-electron chi connectivity index (χ4n) is 1.21. The predicted octanol–water partition coefficient (Wildman–Crippen LogP) is -0.835. The first-order valence-electron chi connectivity index (χ1n) is 3.25. The first-order chi connectivity index (χ1) is 4.20. The van der Waals surface area contributed by atoms with Crippen LogP contribution in [0.5, 0.6) is 0 Å². The number of hydrogen-bond donors (Lipinski definition) is 2. The van der Waals surface area contributed by atoms with Crippen molar-refractivity contribution in [3.8, 4) is 0 Å². The molecular formula is C5H12BNO2. The molecule has 0 aromatic carbocycles. The molecule has 52 valence electrons. The summed E-state index contributed by atoms with van der Waals surface area (Å²) in [6.45, 7) is 1.81. The molecule has 0 aromatic heterocycles. The summed E-state index contributed by atoms with van der Waals surface area (Å²) in [4.78, 5) is 2.10. The Hall–Kier alpha value is -0.0551. The summed E-state index contributed by atoms with van der Waals surface area (Å²) in [6, 6.07) is 0. The third kappa shape index (κ3) is 1.68. The summed E-state index contributed by atoms with van der Waals surface area (Å²) in [5, 5.41) is 17.4. The molecule has 1 heterocycles. The lowest BCUT2D eigenvalue weighted by Crippen LogP contribution is -2.22. The molecule has 2 N–H and O–H groups in total. The van der Waals surface area contributed by atoms with E-state index in [1.807, 2.05) is 7.05 Å². The summed E-state index contributed by atoms with van der Waals surface area (Å²) in [5.41, 5.74) is 0. The highest BCUT2D eigenvalue weighted by Gasteiger charge is 2.29. The average Bonchev–Trinajstić information content (AvgIpc) is 2.14. The SMILES string of the molecule is CN1CCC(B(O)O)C1. The van der Waals surface area contributed by atoms with Crippen LogP contribution in [-0.4, -0.2) is 42.2 Å². The van der Waals surface area contributed by atoms with Crippen molar-refractivity contribution in [1.82, 2.24) is 4.90 Å². The first-order valence-corrected chi connectivity index (χ1v) is 3.25. The number of rotatable bonds is 1. The summed E-state index contributed by atoms with van der Waals surface area (Å²) in [6.07, 6.45) is 0.911. The predicted molar refractivity (Wildman–Crippen MR) is 36.1 cm³/mol. The van der Waals surface area contributed by atoms with E-state index in [0.717, 1.165) is 19.5 Å². The van der Waals surface area contributed by atoms with Gasteiger partial charge in [0.25, 0.3) is 0 Å². The van der Waals surface area contributed by atoms with Crippen molar-refractivity contribution in [3.63, 3.8) is 0 Å². The van der Waals surface area contributed by atoms with Gasteiger partial charge in [0.2, 0.25) is 0 Å². The Kier molecular flexibility index (Phi) is 2.11. The van der Waals surface area contributed by atoms with Crippen LogP contribution in [0.1, 0.15) is 6.42 Å². The molecule has 1 fully saturated rings. The molecule has 1 unspecified atom stereocenters. The molecule has 1 saturated heterocycles. The molecule has 1 rings (SSSR count). The third-order valence-electron chi connectivity index (χ3n) is 1.85. The second-order valence-corrected chi connectivity index (χ2v) is 2.72. The van der Waals surface area contributed by atoms with Gasteiger partial charge in [-0.2, -0.15) is 0 Å². The van der Waals surface area contributed by atoms with Crippen molar-refractivity contribution in [1.29, 1.82) is 0 Å². The Labute approximate surface area is 55.4 Å². The van der Waals surface area contributed by atoms with E-state index in [1.54, 1.807) is 0 Å². The molecule has 0 amide bonds. The summed E-state index contributed by atoms with van der Waals surface area (Å²) >= 11 is 0. The molecule has 3 nitrogen and oxygen atoms in total. The number of likely N-dealkylation sites (tertiary alicyclic amines) is 1. The molecule has 0 aromatic rings. The van der Waals surface area contributed by atoms with Crippen LogP contribution >= 0.6 is 0 Å². The van der Waals surface area contributed by atoms with E-state index in [2.05, 4.69) is 4.90 Å². The third-order valence-corrected chi connectivity index (χ3v) is 1.85. The van der Waals surface area contributed by atoms with Gasteiger partial charge in [0, 0.05) is 5.82 Å². The molecule has 1 aliphatic heterocycles. The van der Waals surface area contributed by atoms with Gasteiger partial charge >= 0.3 is 7.12 Å².